The van der Waals surface area contributed by atoms with Gasteiger partial charge < -0.3 is 24.8 Å². The second-order valence-electron chi connectivity index (χ2n) is 16.6. The van der Waals surface area contributed by atoms with E-state index in [0.29, 0.717) is 13.0 Å². The van der Waals surface area contributed by atoms with Crippen LogP contribution >= 0.6 is 0 Å². The van der Waals surface area contributed by atoms with Gasteiger partial charge >= 0.3 is 0 Å². The van der Waals surface area contributed by atoms with Crippen molar-refractivity contribution in [3.63, 3.8) is 0 Å². The van der Waals surface area contributed by atoms with Gasteiger partial charge in [0.2, 0.25) is 15.9 Å². The Morgan fingerprint density at radius 3 is 2.14 bits per heavy atom. The van der Waals surface area contributed by atoms with E-state index in [9.17, 15) is 28.4 Å². The van der Waals surface area contributed by atoms with E-state index in [1.807, 2.05) is 104 Å². The molecule has 2 fully saturated rings. The summed E-state index contributed by atoms with van der Waals surface area (Å²) < 4.78 is 43.0. The van der Waals surface area contributed by atoms with Crippen LogP contribution in [0.2, 0.25) is 0 Å². The molecule has 2 aliphatic rings. The third-order valence-electron chi connectivity index (χ3n) is 12.0. The number of carbonyl (C=O) groups is 1. The number of hydrogen-bond acceptors (Lipinski definition) is 10. The summed E-state index contributed by atoms with van der Waals surface area (Å²) in [5, 5.41) is 23.8. The molecule has 3 N–H and O–H groups in total. The minimum absolute atomic E-state index is 0.0444. The molecule has 336 valence electrons. The summed E-state index contributed by atoms with van der Waals surface area (Å²) in [6, 6.07) is 45.3. The first-order valence-corrected chi connectivity index (χ1v) is 23.3. The van der Waals surface area contributed by atoms with E-state index in [1.54, 1.807) is 36.4 Å². The zero-order chi connectivity index (χ0) is 45.3. The van der Waals surface area contributed by atoms with Crippen LogP contribution in [0, 0.1) is 17.0 Å². The molecule has 2 aliphatic heterocycles. The van der Waals surface area contributed by atoms with Crippen LogP contribution < -0.4 is 14.9 Å². The van der Waals surface area contributed by atoms with E-state index in [2.05, 4.69) is 25.9 Å². The molecule has 2 heterocycles. The third kappa shape index (κ3) is 11.7. The number of hydrogen-bond donors (Lipinski definition) is 3. The number of aliphatic hydroxyl groups excluding tert-OH is 1. The average Bonchev–Trinajstić information content (AvgIpc) is 3.34. The van der Waals surface area contributed by atoms with Crippen molar-refractivity contribution in [1.82, 2.24) is 14.9 Å². The molecule has 13 nitrogen and oxygen atoms in total. The molecule has 8 rings (SSSR count). The highest BCUT2D eigenvalue weighted by Gasteiger charge is 2.34. The number of carbonyl (C=O) groups excluding carboxylic acids is 1. The lowest BCUT2D eigenvalue weighted by molar-refractivity contribution is -0.384. The van der Waals surface area contributed by atoms with Crippen LogP contribution in [0.4, 0.5) is 11.4 Å². The minimum Gasteiger partial charge on any atom is -0.392 e. The van der Waals surface area contributed by atoms with Crippen LogP contribution in [0.1, 0.15) is 52.2 Å². The van der Waals surface area contributed by atoms with Crippen molar-refractivity contribution in [1.29, 1.82) is 0 Å². The Morgan fingerprint density at radius 2 is 1.45 bits per heavy atom. The Morgan fingerprint density at radius 1 is 0.769 bits per heavy atom. The summed E-state index contributed by atoms with van der Waals surface area (Å²) in [6.07, 6.45) is -0.248. The van der Waals surface area contributed by atoms with Gasteiger partial charge in [-0.3, -0.25) is 19.8 Å². The van der Waals surface area contributed by atoms with Gasteiger partial charge in [0.05, 0.1) is 28.6 Å². The average molecular weight is 896 g/mol. The number of aryl methyl sites for hydroxylation is 1. The van der Waals surface area contributed by atoms with Gasteiger partial charge in [-0.2, -0.15) is 4.72 Å². The predicted octanol–water partition coefficient (Wildman–Crippen LogP) is 7.64. The summed E-state index contributed by atoms with van der Waals surface area (Å²) >= 11 is 0. The van der Waals surface area contributed by atoms with Gasteiger partial charge in [-0.05, 0) is 83.1 Å². The number of benzene rings is 6. The van der Waals surface area contributed by atoms with Gasteiger partial charge in [-0.15, -0.1) is 0 Å². The largest absolute Gasteiger partial charge is 0.392 e. The lowest BCUT2D eigenvalue weighted by Crippen LogP contribution is -2.49. The summed E-state index contributed by atoms with van der Waals surface area (Å²) in [5.74, 6) is -0.440. The van der Waals surface area contributed by atoms with Gasteiger partial charge in [0.15, 0.2) is 6.29 Å². The maximum Gasteiger partial charge on any atom is 0.269 e. The number of nitro groups is 1. The maximum absolute atomic E-state index is 13.8. The van der Waals surface area contributed by atoms with Gasteiger partial charge in [-0.1, -0.05) is 109 Å². The Hall–Kier alpha value is -6.26. The second kappa shape index (κ2) is 20.7. The standard InChI is InChI=1S/C51H53N5O8S/c1-36-13-23-47(24-14-36)65(61,62)53-48(30-37-7-3-2-4-8-37)50(58)52-33-39-9-5-10-41(29-39)42-11-6-12-43(31-42)51-63-46(32-49(64-51)40-17-15-38(35-57)16-18-40)34-54-25-27-55(28-26-54)44-19-21-45(22-20-44)56(59)60/h2-24,29,31,46,48-49,51,53,57H,25-28,30,32-35H2,1H3,(H,52,58)/t46-,48-,49+,51+/m1/s1. The molecule has 0 spiro atoms. The molecule has 0 saturated carbocycles. The number of non-ortho nitro benzene ring substituents is 1. The fourth-order valence-electron chi connectivity index (χ4n) is 8.34. The topological polar surface area (TPSA) is 164 Å². The Kier molecular flexibility index (Phi) is 14.4. The normalized spacial score (nSPS) is 18.5. The highest BCUT2D eigenvalue weighted by atomic mass is 32.2. The van der Waals surface area contributed by atoms with Gasteiger partial charge in [0.25, 0.3) is 5.69 Å². The Labute approximate surface area is 379 Å². The van der Waals surface area contributed by atoms with Crippen molar-refractivity contribution >= 4 is 27.3 Å². The molecule has 14 heteroatoms. The number of piperazine rings is 1. The second-order valence-corrected chi connectivity index (χ2v) is 18.3. The highest BCUT2D eigenvalue weighted by Crippen LogP contribution is 2.39. The molecule has 0 aliphatic carbocycles. The molecule has 0 bridgehead atoms. The fourth-order valence-corrected chi connectivity index (χ4v) is 9.54. The lowest BCUT2D eigenvalue weighted by Gasteiger charge is -2.41. The van der Waals surface area contributed by atoms with Crippen LogP contribution in [-0.2, 0) is 43.9 Å². The van der Waals surface area contributed by atoms with Gasteiger partial charge in [0, 0.05) is 69.1 Å². The number of rotatable bonds is 16. The quantitative estimate of drug-likeness (QED) is 0.0650. The molecule has 0 unspecified atom stereocenters. The monoisotopic (exact) mass is 895 g/mol. The first-order valence-electron chi connectivity index (χ1n) is 21.8. The minimum atomic E-state index is -3.99. The number of ether oxygens (including phenoxy) is 2. The predicted molar refractivity (Wildman–Crippen MR) is 249 cm³/mol. The first kappa shape index (κ1) is 45.3. The van der Waals surface area contributed by atoms with Crippen molar-refractivity contribution in [2.24, 2.45) is 0 Å². The molecule has 2 saturated heterocycles. The van der Waals surface area contributed by atoms with E-state index < -0.39 is 28.3 Å². The summed E-state index contributed by atoms with van der Waals surface area (Å²) in [5.41, 5.74) is 8.17. The molecule has 4 atom stereocenters. The van der Waals surface area contributed by atoms with Crippen LogP contribution in [0.5, 0.6) is 0 Å². The molecule has 6 aromatic rings. The van der Waals surface area contributed by atoms with Gasteiger partial charge in [0.1, 0.15) is 6.04 Å². The molecule has 1 amide bonds. The van der Waals surface area contributed by atoms with E-state index >= 15 is 0 Å². The number of nitrogens with one attached hydrogen (secondary N) is 2. The van der Waals surface area contributed by atoms with Gasteiger partial charge in [-0.25, -0.2) is 8.42 Å². The first-order chi connectivity index (χ1) is 31.5. The number of nitro benzene ring substituents is 1. The molecule has 6 aromatic carbocycles. The van der Waals surface area contributed by atoms with Crippen molar-refractivity contribution < 1.29 is 32.7 Å². The van der Waals surface area contributed by atoms with Crippen LogP contribution in [0.3, 0.4) is 0 Å². The molecule has 0 radical (unpaired) electrons. The van der Waals surface area contributed by atoms with Crippen molar-refractivity contribution in [2.75, 3.05) is 37.6 Å². The zero-order valence-electron chi connectivity index (χ0n) is 36.2. The molecular weight excluding hydrogens is 843 g/mol. The Bertz CT molecular complexity index is 2660. The van der Waals surface area contributed by atoms with E-state index in [4.69, 9.17) is 9.47 Å². The van der Waals surface area contributed by atoms with E-state index in [1.165, 1.54) is 12.1 Å². The molecule has 0 aromatic heterocycles. The van der Waals surface area contributed by atoms with Crippen molar-refractivity contribution in [3.8, 4) is 11.1 Å². The maximum atomic E-state index is 13.8. The summed E-state index contributed by atoms with van der Waals surface area (Å²) in [7, 11) is -3.99. The van der Waals surface area contributed by atoms with Crippen LogP contribution in [-0.4, -0.2) is 74.1 Å². The zero-order valence-corrected chi connectivity index (χ0v) is 37.0. The van der Waals surface area contributed by atoms with E-state index in [-0.39, 0.29) is 47.3 Å². The Balaban J connectivity index is 0.953. The third-order valence-corrected chi connectivity index (χ3v) is 13.5. The molecule has 65 heavy (non-hydrogen) atoms. The number of anilines is 1. The summed E-state index contributed by atoms with van der Waals surface area (Å²) in [4.78, 5) is 29.3. The summed E-state index contributed by atoms with van der Waals surface area (Å²) in [6.45, 7) is 5.89. The SMILES string of the molecule is Cc1ccc(S(=O)(=O)N[C@H](Cc2ccccc2)C(=O)NCc2cccc(-c3cccc([C@H]4O[C@@H](CN5CCN(c6ccc([N+](=O)[O-])cc6)CC5)C[C@@H](c5ccc(CO)cc5)O4)c3)c2)cc1. The van der Waals surface area contributed by atoms with Crippen molar-refractivity contribution in [3.05, 3.63) is 195 Å². The number of nitrogens with zero attached hydrogens (tertiary/aromatic N) is 3. The fraction of sp³-hybridized carbons (Fsp3) is 0.275. The number of sulfonamides is 1. The smallest absolute Gasteiger partial charge is 0.269 e. The van der Waals surface area contributed by atoms with E-state index in [0.717, 1.165) is 76.4 Å². The van der Waals surface area contributed by atoms with Crippen molar-refractivity contribution in [2.45, 2.75) is 62.4 Å². The van der Waals surface area contributed by atoms with Crippen LogP contribution in [0.15, 0.2) is 157 Å². The number of amides is 1. The number of aliphatic hydroxyl groups is 1. The molecular formula is C51H53N5O8S. The van der Waals surface area contributed by atoms with Crippen LogP contribution in [0.25, 0.3) is 11.1 Å². The lowest BCUT2D eigenvalue weighted by atomic mass is 9.98. The highest BCUT2D eigenvalue weighted by molar-refractivity contribution is 7.89.